The summed E-state index contributed by atoms with van der Waals surface area (Å²) in [6.45, 7) is 0. The predicted molar refractivity (Wildman–Crippen MR) is 72.9 cm³/mol. The maximum absolute atomic E-state index is 12.0. The van der Waals surface area contributed by atoms with Gasteiger partial charge >= 0.3 is 5.97 Å². The van der Waals surface area contributed by atoms with Gasteiger partial charge in [0.25, 0.3) is 10.0 Å². The summed E-state index contributed by atoms with van der Waals surface area (Å²) in [7, 11) is -3.79. The molecule has 0 aliphatic rings. The minimum Gasteiger partial charge on any atom is -0.481 e. The Kier molecular flexibility index (Phi) is 3.86. The van der Waals surface area contributed by atoms with Gasteiger partial charge in [0, 0.05) is 5.69 Å². The molecule has 8 nitrogen and oxygen atoms in total. The van der Waals surface area contributed by atoms with Crippen molar-refractivity contribution in [3.05, 3.63) is 29.3 Å². The Labute approximate surface area is 118 Å². The van der Waals surface area contributed by atoms with Crippen LogP contribution in [-0.4, -0.2) is 29.7 Å². The van der Waals surface area contributed by atoms with Gasteiger partial charge < -0.3 is 10.8 Å². The zero-order valence-electron chi connectivity index (χ0n) is 9.98. The van der Waals surface area contributed by atoms with Crippen LogP contribution in [0.15, 0.2) is 29.2 Å². The molecule has 0 aliphatic carbocycles. The van der Waals surface area contributed by atoms with Crippen LogP contribution < -0.4 is 10.5 Å². The number of carboxylic acids is 1. The Balaban J connectivity index is 2.18. The van der Waals surface area contributed by atoms with Crippen LogP contribution in [0.2, 0.25) is 0 Å². The van der Waals surface area contributed by atoms with Crippen LogP contribution in [0.5, 0.6) is 0 Å². The summed E-state index contributed by atoms with van der Waals surface area (Å²) in [4.78, 5) is 10.5. The van der Waals surface area contributed by atoms with Gasteiger partial charge in [0.05, 0.1) is 11.3 Å². The zero-order chi connectivity index (χ0) is 14.8. The lowest BCUT2D eigenvalue weighted by atomic mass is 10.3. The predicted octanol–water partition coefficient (Wildman–Crippen LogP) is 0.548. The van der Waals surface area contributed by atoms with E-state index in [2.05, 4.69) is 14.9 Å². The number of nitrogen functional groups attached to an aromatic ring is 1. The monoisotopic (exact) mass is 314 g/mol. The molecule has 1 heterocycles. The van der Waals surface area contributed by atoms with E-state index in [1.807, 2.05) is 0 Å². The number of benzene rings is 1. The molecule has 0 fully saturated rings. The highest BCUT2D eigenvalue weighted by Crippen LogP contribution is 2.20. The number of nitrogens with two attached hydrogens (primary N) is 1. The van der Waals surface area contributed by atoms with E-state index in [1.165, 1.54) is 24.3 Å². The first kappa shape index (κ1) is 14.2. The third kappa shape index (κ3) is 3.42. The number of aliphatic carboxylic acids is 1. The molecule has 1 aromatic heterocycles. The molecule has 0 saturated carbocycles. The van der Waals surface area contributed by atoms with Gasteiger partial charge in [-0.3, -0.25) is 9.52 Å². The molecule has 0 unspecified atom stereocenters. The average Bonchev–Trinajstić information content (AvgIpc) is 2.75. The normalized spacial score (nSPS) is 11.2. The number of nitrogens with one attached hydrogen (secondary N) is 1. The molecule has 0 atom stereocenters. The first-order valence-corrected chi connectivity index (χ1v) is 7.59. The molecule has 0 spiro atoms. The van der Waals surface area contributed by atoms with E-state index >= 15 is 0 Å². The van der Waals surface area contributed by atoms with E-state index in [9.17, 15) is 13.2 Å². The first-order valence-electron chi connectivity index (χ1n) is 5.29. The zero-order valence-corrected chi connectivity index (χ0v) is 11.6. The second-order valence-electron chi connectivity index (χ2n) is 3.75. The summed E-state index contributed by atoms with van der Waals surface area (Å²) in [5.74, 6) is -1.06. The minimum absolute atomic E-state index is 0.0121. The second kappa shape index (κ2) is 5.43. The number of rotatable bonds is 5. The van der Waals surface area contributed by atoms with Gasteiger partial charge in [-0.1, -0.05) is 11.3 Å². The molecule has 106 valence electrons. The van der Waals surface area contributed by atoms with Gasteiger partial charge in [-0.2, -0.15) is 0 Å². The van der Waals surface area contributed by atoms with Gasteiger partial charge in [-0.25, -0.2) is 8.42 Å². The average molecular weight is 314 g/mol. The summed E-state index contributed by atoms with van der Waals surface area (Å²) in [5.41, 5.74) is 5.93. The Morgan fingerprint density at radius 3 is 2.55 bits per heavy atom. The van der Waals surface area contributed by atoms with Crippen molar-refractivity contribution in [2.75, 3.05) is 10.5 Å². The fraction of sp³-hybridized carbons (Fsp3) is 0.100. The van der Waals surface area contributed by atoms with E-state index in [-0.39, 0.29) is 21.5 Å². The van der Waals surface area contributed by atoms with Crippen molar-refractivity contribution in [3.63, 3.8) is 0 Å². The topological polar surface area (TPSA) is 135 Å². The van der Waals surface area contributed by atoms with Crippen LogP contribution in [0.25, 0.3) is 0 Å². The summed E-state index contributed by atoms with van der Waals surface area (Å²) in [5, 5.41) is 16.0. The molecule has 0 saturated heterocycles. The molecular formula is C10H10N4O4S2. The van der Waals surface area contributed by atoms with Gasteiger partial charge in [-0.05, 0) is 24.3 Å². The van der Waals surface area contributed by atoms with Gasteiger partial charge in [-0.15, -0.1) is 10.2 Å². The Morgan fingerprint density at radius 1 is 1.30 bits per heavy atom. The smallest absolute Gasteiger partial charge is 0.310 e. The second-order valence-corrected chi connectivity index (χ2v) is 6.49. The molecule has 0 amide bonds. The summed E-state index contributed by atoms with van der Waals surface area (Å²) in [6, 6.07) is 5.64. The van der Waals surface area contributed by atoms with Crippen molar-refractivity contribution in [1.29, 1.82) is 0 Å². The Bertz CT molecular complexity index is 724. The molecule has 0 bridgehead atoms. The summed E-state index contributed by atoms with van der Waals surface area (Å²) in [6.07, 6.45) is -0.304. The molecular weight excluding hydrogens is 304 g/mol. The number of carbonyl (C=O) groups is 1. The molecule has 1 aromatic carbocycles. The van der Waals surface area contributed by atoms with Crippen LogP contribution in [0.1, 0.15) is 5.01 Å². The number of nitrogens with zero attached hydrogens (tertiary/aromatic N) is 2. The van der Waals surface area contributed by atoms with Gasteiger partial charge in [0.15, 0.2) is 0 Å². The molecule has 0 radical (unpaired) electrons. The first-order chi connectivity index (χ1) is 9.37. The standard InChI is InChI=1S/C10H10N4O4S2/c11-6-1-3-7(4-2-6)20(17,18)14-10-13-12-8(19-10)5-9(15)16/h1-4H,5,11H2,(H,13,14)(H,15,16). The fourth-order valence-electron chi connectivity index (χ4n) is 1.32. The number of sulfonamides is 1. The number of hydrogen-bond donors (Lipinski definition) is 3. The van der Waals surface area contributed by atoms with Crippen LogP contribution in [-0.2, 0) is 21.2 Å². The van der Waals surface area contributed by atoms with Gasteiger partial charge in [0.2, 0.25) is 5.13 Å². The number of aromatic nitrogens is 2. The summed E-state index contributed by atoms with van der Waals surface area (Å²) >= 11 is 0.868. The van der Waals surface area contributed by atoms with Crippen molar-refractivity contribution in [1.82, 2.24) is 10.2 Å². The molecule has 20 heavy (non-hydrogen) atoms. The van der Waals surface area contributed by atoms with Crippen molar-refractivity contribution in [2.45, 2.75) is 11.3 Å². The van der Waals surface area contributed by atoms with Crippen molar-refractivity contribution in [3.8, 4) is 0 Å². The van der Waals surface area contributed by atoms with E-state index in [4.69, 9.17) is 10.8 Å². The van der Waals surface area contributed by atoms with Crippen LogP contribution >= 0.6 is 11.3 Å². The third-order valence-electron chi connectivity index (χ3n) is 2.18. The highest BCUT2D eigenvalue weighted by molar-refractivity contribution is 7.93. The van der Waals surface area contributed by atoms with Gasteiger partial charge in [0.1, 0.15) is 5.01 Å². The van der Waals surface area contributed by atoms with Crippen molar-refractivity contribution < 1.29 is 18.3 Å². The molecule has 0 aliphatic heterocycles. The SMILES string of the molecule is Nc1ccc(S(=O)(=O)Nc2nnc(CC(=O)O)s2)cc1. The largest absolute Gasteiger partial charge is 0.481 e. The van der Waals surface area contributed by atoms with Crippen LogP contribution in [0, 0.1) is 0 Å². The molecule has 4 N–H and O–H groups in total. The number of hydrogen-bond acceptors (Lipinski definition) is 7. The van der Waals surface area contributed by atoms with E-state index < -0.39 is 16.0 Å². The van der Waals surface area contributed by atoms with Crippen LogP contribution in [0.3, 0.4) is 0 Å². The van der Waals surface area contributed by atoms with E-state index in [0.29, 0.717) is 5.69 Å². The quantitative estimate of drug-likeness (QED) is 0.685. The maximum Gasteiger partial charge on any atom is 0.310 e. The van der Waals surface area contributed by atoms with Crippen LogP contribution in [0.4, 0.5) is 10.8 Å². The van der Waals surface area contributed by atoms with Crippen molar-refractivity contribution >= 4 is 38.1 Å². The highest BCUT2D eigenvalue weighted by atomic mass is 32.2. The third-order valence-corrected chi connectivity index (χ3v) is 4.50. The van der Waals surface area contributed by atoms with E-state index in [0.717, 1.165) is 11.3 Å². The summed E-state index contributed by atoms with van der Waals surface area (Å²) < 4.78 is 26.3. The molecule has 10 heteroatoms. The minimum atomic E-state index is -3.79. The lowest BCUT2D eigenvalue weighted by molar-refractivity contribution is -0.136. The fourth-order valence-corrected chi connectivity index (χ4v) is 3.28. The lowest BCUT2D eigenvalue weighted by Gasteiger charge is -2.04. The maximum atomic E-state index is 12.0. The highest BCUT2D eigenvalue weighted by Gasteiger charge is 2.17. The molecule has 2 rings (SSSR count). The number of anilines is 2. The lowest BCUT2D eigenvalue weighted by Crippen LogP contribution is -2.12. The molecule has 2 aromatic rings. The Hall–Kier alpha value is -2.20. The Morgan fingerprint density at radius 2 is 1.95 bits per heavy atom. The number of carboxylic acid groups (broad SMARTS) is 1. The van der Waals surface area contributed by atoms with Crippen molar-refractivity contribution in [2.24, 2.45) is 0 Å². The van der Waals surface area contributed by atoms with E-state index in [1.54, 1.807) is 0 Å².